The van der Waals surface area contributed by atoms with Crippen LogP contribution in [0.5, 0.6) is 5.75 Å². The molecule has 0 saturated heterocycles. The summed E-state index contributed by atoms with van der Waals surface area (Å²) in [4.78, 5) is 26.8. The molecule has 1 atom stereocenters. The number of carbonyl (C=O) groups is 2. The lowest BCUT2D eigenvalue weighted by Crippen LogP contribution is -2.51. The molecular formula is C15H21N3O4S2. The van der Waals surface area contributed by atoms with Gasteiger partial charge in [0, 0.05) is 6.92 Å². The molecule has 7 nitrogen and oxygen atoms in total. The average molecular weight is 371 g/mol. The number of carboxylic acids is 1. The normalized spacial score (nSPS) is 13.2. The van der Waals surface area contributed by atoms with Gasteiger partial charge in [-0.1, -0.05) is 10.8 Å². The summed E-state index contributed by atoms with van der Waals surface area (Å²) < 4.78 is 4.28. The number of amides is 1. The largest absolute Gasteiger partial charge is 0.497 e. The molecule has 9 heteroatoms. The zero-order chi connectivity index (χ0) is 18.3. The topological polar surface area (TPSA) is 114 Å². The van der Waals surface area contributed by atoms with Crippen molar-refractivity contribution in [2.45, 2.75) is 31.6 Å². The molecule has 1 aromatic carbocycles. The average Bonchev–Trinajstić information content (AvgIpc) is 2.51. The Labute approximate surface area is 148 Å². The Morgan fingerprint density at radius 3 is 2.38 bits per heavy atom. The molecule has 132 valence electrons. The number of nitrogens with one attached hydrogen (secondary N) is 1. The number of aliphatic carboxylic acids is 1. The van der Waals surface area contributed by atoms with Gasteiger partial charge in [0.1, 0.15) is 11.8 Å². The van der Waals surface area contributed by atoms with Gasteiger partial charge in [0.15, 0.2) is 5.17 Å². The minimum atomic E-state index is -1.10. The molecule has 0 saturated carbocycles. The van der Waals surface area contributed by atoms with E-state index in [9.17, 15) is 14.7 Å². The van der Waals surface area contributed by atoms with E-state index in [1.807, 2.05) is 0 Å². The number of aliphatic imine (C=N–C) groups is 1. The zero-order valence-electron chi connectivity index (χ0n) is 13.9. The Morgan fingerprint density at radius 1 is 1.33 bits per heavy atom. The van der Waals surface area contributed by atoms with Crippen molar-refractivity contribution in [1.29, 1.82) is 0 Å². The lowest BCUT2D eigenvalue weighted by Gasteiger charge is -2.30. The van der Waals surface area contributed by atoms with Crippen molar-refractivity contribution in [3.63, 3.8) is 0 Å². The van der Waals surface area contributed by atoms with Crippen molar-refractivity contribution in [3.8, 4) is 5.75 Å². The minimum Gasteiger partial charge on any atom is -0.497 e. The number of methoxy groups -OCH3 is 1. The molecule has 0 heterocycles. The van der Waals surface area contributed by atoms with E-state index >= 15 is 0 Å². The van der Waals surface area contributed by atoms with E-state index in [1.54, 1.807) is 45.2 Å². The summed E-state index contributed by atoms with van der Waals surface area (Å²) in [6.45, 7) is 4.73. The maximum Gasteiger partial charge on any atom is 0.327 e. The van der Waals surface area contributed by atoms with Crippen molar-refractivity contribution < 1.29 is 19.4 Å². The Bertz CT molecular complexity index is 618. The van der Waals surface area contributed by atoms with Gasteiger partial charge in [0.25, 0.3) is 0 Å². The molecule has 0 spiro atoms. The van der Waals surface area contributed by atoms with E-state index in [2.05, 4.69) is 10.3 Å². The summed E-state index contributed by atoms with van der Waals surface area (Å²) in [6.07, 6.45) is 0. The lowest BCUT2D eigenvalue weighted by molar-refractivity contribution is -0.142. The van der Waals surface area contributed by atoms with Crippen LogP contribution in [-0.2, 0) is 9.59 Å². The van der Waals surface area contributed by atoms with Crippen LogP contribution in [0.1, 0.15) is 20.8 Å². The van der Waals surface area contributed by atoms with Gasteiger partial charge in [0.2, 0.25) is 5.91 Å². The van der Waals surface area contributed by atoms with Crippen molar-refractivity contribution in [2.24, 2.45) is 10.7 Å². The number of benzene rings is 1. The number of nitrogens with two attached hydrogens (primary N) is 1. The molecule has 1 rings (SSSR count). The SMILES string of the molecule is COc1ccc(N=C(N)SSC(C)(C)C(NC(C)=O)C(=O)O)cc1. The zero-order valence-corrected chi connectivity index (χ0v) is 15.5. The third-order valence-corrected chi connectivity index (χ3v) is 6.00. The molecular weight excluding hydrogens is 350 g/mol. The summed E-state index contributed by atoms with van der Waals surface area (Å²) >= 11 is 0. The van der Waals surface area contributed by atoms with Gasteiger partial charge in [-0.2, -0.15) is 0 Å². The Kier molecular flexibility index (Phi) is 7.43. The van der Waals surface area contributed by atoms with Crippen molar-refractivity contribution >= 4 is 44.3 Å². The lowest BCUT2D eigenvalue weighted by atomic mass is 10.0. The molecule has 24 heavy (non-hydrogen) atoms. The summed E-state index contributed by atoms with van der Waals surface area (Å²) in [7, 11) is 3.97. The van der Waals surface area contributed by atoms with Gasteiger partial charge >= 0.3 is 5.97 Å². The maximum absolute atomic E-state index is 11.4. The first-order chi connectivity index (χ1) is 11.2. The predicted molar refractivity (Wildman–Crippen MR) is 98.8 cm³/mol. The smallest absolute Gasteiger partial charge is 0.327 e. The second-order valence-electron chi connectivity index (χ2n) is 5.39. The van der Waals surface area contributed by atoms with Crippen LogP contribution in [0, 0.1) is 0 Å². The molecule has 0 fully saturated rings. The molecule has 0 radical (unpaired) electrons. The van der Waals surface area contributed by atoms with E-state index < -0.39 is 22.7 Å². The molecule has 0 aliphatic heterocycles. The van der Waals surface area contributed by atoms with Crippen molar-refractivity contribution in [3.05, 3.63) is 24.3 Å². The van der Waals surface area contributed by atoms with Crippen LogP contribution in [0.3, 0.4) is 0 Å². The van der Waals surface area contributed by atoms with Crippen LogP contribution in [0.4, 0.5) is 5.69 Å². The first-order valence-corrected chi connectivity index (χ1v) is 9.14. The minimum absolute atomic E-state index is 0.283. The van der Waals surface area contributed by atoms with Gasteiger partial charge in [0.05, 0.1) is 17.5 Å². The summed E-state index contributed by atoms with van der Waals surface area (Å²) in [6, 6.07) is 6.02. The quantitative estimate of drug-likeness (QED) is 0.383. The summed E-state index contributed by atoms with van der Waals surface area (Å²) in [5, 5.41) is 12.0. The standard InChI is InChI=1S/C15H21N3O4S2/c1-9(19)17-12(13(20)21)15(2,3)24-23-14(16)18-10-5-7-11(22-4)8-6-10/h5-8,12H,1-4H3,(H2,16,18)(H,17,19)(H,20,21). The first-order valence-electron chi connectivity index (χ1n) is 6.99. The Morgan fingerprint density at radius 2 is 1.92 bits per heavy atom. The van der Waals surface area contributed by atoms with Gasteiger partial charge in [-0.25, -0.2) is 9.79 Å². The third-order valence-electron chi connectivity index (χ3n) is 2.94. The summed E-state index contributed by atoms with van der Waals surface area (Å²) in [5.74, 6) is -0.787. The molecule has 0 aromatic heterocycles. The third kappa shape index (κ3) is 6.32. The fourth-order valence-corrected chi connectivity index (χ4v) is 3.74. The van der Waals surface area contributed by atoms with Crippen LogP contribution in [-0.4, -0.2) is 40.0 Å². The van der Waals surface area contributed by atoms with Crippen LogP contribution < -0.4 is 15.8 Å². The molecule has 1 amide bonds. The van der Waals surface area contributed by atoms with E-state index in [4.69, 9.17) is 10.5 Å². The second-order valence-corrected chi connectivity index (χ2v) is 8.19. The highest BCUT2D eigenvalue weighted by atomic mass is 33.1. The first kappa shape index (κ1) is 20.2. The van der Waals surface area contributed by atoms with Crippen LogP contribution in [0.15, 0.2) is 29.3 Å². The van der Waals surface area contributed by atoms with E-state index in [0.29, 0.717) is 5.69 Å². The van der Waals surface area contributed by atoms with E-state index in [-0.39, 0.29) is 5.17 Å². The second kappa shape index (κ2) is 8.84. The fourth-order valence-electron chi connectivity index (χ4n) is 1.74. The highest BCUT2D eigenvalue weighted by Gasteiger charge is 2.37. The van der Waals surface area contributed by atoms with Crippen LogP contribution >= 0.6 is 21.6 Å². The molecule has 1 aromatic rings. The van der Waals surface area contributed by atoms with Gasteiger partial charge in [-0.15, -0.1) is 0 Å². The fraction of sp³-hybridized carbons (Fsp3) is 0.400. The molecule has 0 aliphatic rings. The van der Waals surface area contributed by atoms with Gasteiger partial charge in [-0.3, -0.25) is 4.79 Å². The van der Waals surface area contributed by atoms with E-state index in [0.717, 1.165) is 16.5 Å². The number of ether oxygens (including phenoxy) is 1. The summed E-state index contributed by atoms with van der Waals surface area (Å²) in [5.41, 5.74) is 6.55. The number of amidine groups is 1. The number of nitrogens with zero attached hydrogens (tertiary/aromatic N) is 1. The number of hydrogen-bond donors (Lipinski definition) is 3. The Hall–Kier alpha value is -1.87. The highest BCUT2D eigenvalue weighted by molar-refractivity contribution is 8.82. The number of rotatable bonds is 7. The van der Waals surface area contributed by atoms with Crippen LogP contribution in [0.25, 0.3) is 0 Å². The highest BCUT2D eigenvalue weighted by Crippen LogP contribution is 2.38. The molecule has 4 N–H and O–H groups in total. The van der Waals surface area contributed by atoms with Crippen molar-refractivity contribution in [1.82, 2.24) is 5.32 Å². The molecule has 0 aliphatic carbocycles. The van der Waals surface area contributed by atoms with Gasteiger partial charge < -0.3 is 20.9 Å². The van der Waals surface area contributed by atoms with Crippen molar-refractivity contribution in [2.75, 3.05) is 7.11 Å². The molecule has 0 bridgehead atoms. The predicted octanol–water partition coefficient (Wildman–Crippen LogP) is 2.39. The number of hydrogen-bond acceptors (Lipinski definition) is 6. The monoisotopic (exact) mass is 371 g/mol. The van der Waals surface area contributed by atoms with Crippen LogP contribution in [0.2, 0.25) is 0 Å². The number of carbonyl (C=O) groups excluding carboxylic acids is 1. The van der Waals surface area contributed by atoms with E-state index in [1.165, 1.54) is 17.7 Å². The number of carboxylic acid groups (broad SMARTS) is 1. The maximum atomic E-state index is 11.4. The van der Waals surface area contributed by atoms with Gasteiger partial charge in [-0.05, 0) is 48.9 Å². The Balaban J connectivity index is 2.74. The molecule has 1 unspecified atom stereocenters.